The number of hydrogen-bond acceptors (Lipinski definition) is 4. The van der Waals surface area contributed by atoms with E-state index in [4.69, 9.17) is 4.42 Å². The van der Waals surface area contributed by atoms with Gasteiger partial charge in [-0.1, -0.05) is 0 Å². The summed E-state index contributed by atoms with van der Waals surface area (Å²) in [5.41, 5.74) is 0. The Kier molecular flexibility index (Phi) is 2.91. The molecular formula is C13H16N2O3. The topological polar surface area (TPSA) is 62.6 Å². The summed E-state index contributed by atoms with van der Waals surface area (Å²) in [6.07, 6.45) is 4.60. The Morgan fingerprint density at radius 1 is 1.39 bits per heavy atom. The maximum atomic E-state index is 12.0. The third-order valence-corrected chi connectivity index (χ3v) is 3.44. The fourth-order valence-corrected chi connectivity index (χ4v) is 2.35. The highest BCUT2D eigenvalue weighted by molar-refractivity contribution is 6.06. The molecule has 2 fully saturated rings. The maximum absolute atomic E-state index is 12.0. The molecule has 1 aromatic rings. The molecule has 96 valence electrons. The smallest absolute Gasteiger partial charge is 0.247 e. The van der Waals surface area contributed by atoms with Gasteiger partial charge in [0.2, 0.25) is 11.8 Å². The second-order valence-corrected chi connectivity index (χ2v) is 4.87. The first-order valence-corrected chi connectivity index (χ1v) is 6.37. The minimum Gasteiger partial charge on any atom is -0.469 e. The van der Waals surface area contributed by atoms with Crippen molar-refractivity contribution in [3.63, 3.8) is 0 Å². The van der Waals surface area contributed by atoms with E-state index in [1.54, 1.807) is 6.26 Å². The van der Waals surface area contributed by atoms with Crippen LogP contribution < -0.4 is 5.32 Å². The summed E-state index contributed by atoms with van der Waals surface area (Å²) in [5.74, 6) is 0.804. The summed E-state index contributed by atoms with van der Waals surface area (Å²) in [6.45, 7) is 0.649. The molecule has 1 saturated carbocycles. The Balaban J connectivity index is 1.51. The lowest BCUT2D eigenvalue weighted by Crippen LogP contribution is -2.40. The molecule has 1 aliphatic carbocycles. The third-order valence-electron chi connectivity index (χ3n) is 3.44. The standard InChI is InChI=1S/C13H16N2O3/c16-12-8-11(13(17)15(12)9-3-4-9)14-6-5-10-2-1-7-18-10/h1-2,7,9,11,14H,3-6,8H2. The first kappa shape index (κ1) is 11.5. The Bertz CT molecular complexity index is 451. The van der Waals surface area contributed by atoms with Crippen molar-refractivity contribution in [2.75, 3.05) is 6.54 Å². The van der Waals surface area contributed by atoms with E-state index in [0.717, 1.165) is 25.0 Å². The van der Waals surface area contributed by atoms with Crippen molar-refractivity contribution < 1.29 is 14.0 Å². The molecule has 2 amide bonds. The molecule has 0 spiro atoms. The van der Waals surface area contributed by atoms with Gasteiger partial charge in [-0.25, -0.2) is 0 Å². The van der Waals surface area contributed by atoms with E-state index < -0.39 is 0 Å². The fraction of sp³-hybridized carbons (Fsp3) is 0.538. The Morgan fingerprint density at radius 3 is 2.89 bits per heavy atom. The molecule has 1 aromatic heterocycles. The molecule has 5 nitrogen and oxygen atoms in total. The predicted octanol–water partition coefficient (Wildman–Crippen LogP) is 0.702. The number of imide groups is 1. The van der Waals surface area contributed by atoms with Crippen molar-refractivity contribution in [3.8, 4) is 0 Å². The molecule has 2 heterocycles. The van der Waals surface area contributed by atoms with Gasteiger partial charge in [-0.3, -0.25) is 14.5 Å². The normalized spacial score (nSPS) is 24.0. The van der Waals surface area contributed by atoms with E-state index in [1.807, 2.05) is 12.1 Å². The van der Waals surface area contributed by atoms with Crippen LogP contribution in [0.25, 0.3) is 0 Å². The van der Waals surface area contributed by atoms with Crippen LogP contribution in [-0.4, -0.2) is 35.3 Å². The van der Waals surface area contributed by atoms with Gasteiger partial charge in [0, 0.05) is 19.0 Å². The lowest BCUT2D eigenvalue weighted by atomic mass is 10.2. The van der Waals surface area contributed by atoms with Crippen LogP contribution in [0.2, 0.25) is 0 Å². The van der Waals surface area contributed by atoms with Gasteiger partial charge in [-0.2, -0.15) is 0 Å². The second kappa shape index (κ2) is 4.57. The van der Waals surface area contributed by atoms with Gasteiger partial charge < -0.3 is 9.73 Å². The molecule has 0 bridgehead atoms. The van der Waals surface area contributed by atoms with Crippen LogP contribution in [0, 0.1) is 0 Å². The number of nitrogens with zero attached hydrogens (tertiary/aromatic N) is 1. The monoisotopic (exact) mass is 248 g/mol. The SMILES string of the molecule is O=C1CC(NCCc2ccco2)C(=O)N1C1CC1. The number of amides is 2. The number of rotatable bonds is 5. The minimum absolute atomic E-state index is 0.0296. The van der Waals surface area contributed by atoms with Gasteiger partial charge >= 0.3 is 0 Å². The van der Waals surface area contributed by atoms with Crippen molar-refractivity contribution >= 4 is 11.8 Å². The quantitative estimate of drug-likeness (QED) is 0.779. The molecule has 3 rings (SSSR count). The van der Waals surface area contributed by atoms with Gasteiger partial charge in [0.25, 0.3) is 0 Å². The first-order chi connectivity index (χ1) is 8.75. The van der Waals surface area contributed by atoms with Crippen molar-refractivity contribution in [1.29, 1.82) is 0 Å². The van der Waals surface area contributed by atoms with Gasteiger partial charge in [0.05, 0.1) is 18.7 Å². The van der Waals surface area contributed by atoms with Crippen molar-refractivity contribution in [3.05, 3.63) is 24.2 Å². The third kappa shape index (κ3) is 2.18. The lowest BCUT2D eigenvalue weighted by Gasteiger charge is -2.14. The van der Waals surface area contributed by atoms with Gasteiger partial charge in [0.15, 0.2) is 0 Å². The van der Waals surface area contributed by atoms with E-state index >= 15 is 0 Å². The highest BCUT2D eigenvalue weighted by atomic mass is 16.3. The van der Waals surface area contributed by atoms with Gasteiger partial charge in [-0.15, -0.1) is 0 Å². The summed E-state index contributed by atoms with van der Waals surface area (Å²) in [4.78, 5) is 25.2. The Morgan fingerprint density at radius 2 is 2.22 bits per heavy atom. The second-order valence-electron chi connectivity index (χ2n) is 4.87. The summed E-state index contributed by atoms with van der Waals surface area (Å²) >= 11 is 0. The van der Waals surface area contributed by atoms with Crippen LogP contribution in [-0.2, 0) is 16.0 Å². The largest absolute Gasteiger partial charge is 0.469 e. The molecule has 2 aliphatic rings. The maximum Gasteiger partial charge on any atom is 0.247 e. The summed E-state index contributed by atoms with van der Waals surface area (Å²) in [7, 11) is 0. The number of furan rings is 1. The van der Waals surface area contributed by atoms with Crippen molar-refractivity contribution in [1.82, 2.24) is 10.2 Å². The number of carbonyl (C=O) groups excluding carboxylic acids is 2. The summed E-state index contributed by atoms with van der Waals surface area (Å²) in [5, 5.41) is 3.14. The number of hydrogen-bond donors (Lipinski definition) is 1. The zero-order valence-electron chi connectivity index (χ0n) is 10.1. The van der Waals surface area contributed by atoms with Crippen LogP contribution in [0.3, 0.4) is 0 Å². The molecule has 1 aliphatic heterocycles. The van der Waals surface area contributed by atoms with Crippen LogP contribution in [0.4, 0.5) is 0 Å². The summed E-state index contributed by atoms with van der Waals surface area (Å²) in [6, 6.07) is 3.59. The molecule has 1 N–H and O–H groups in total. The van der Waals surface area contributed by atoms with E-state index in [1.165, 1.54) is 4.90 Å². The van der Waals surface area contributed by atoms with Crippen LogP contribution in [0.5, 0.6) is 0 Å². The number of carbonyl (C=O) groups is 2. The van der Waals surface area contributed by atoms with Crippen molar-refractivity contribution in [2.45, 2.75) is 37.8 Å². The molecular weight excluding hydrogens is 232 g/mol. The van der Waals surface area contributed by atoms with E-state index in [2.05, 4.69) is 5.32 Å². The highest BCUT2D eigenvalue weighted by Gasteiger charge is 2.45. The van der Waals surface area contributed by atoms with Crippen LogP contribution >= 0.6 is 0 Å². The first-order valence-electron chi connectivity index (χ1n) is 6.37. The average Bonchev–Trinajstić information content (AvgIpc) is 2.95. The average molecular weight is 248 g/mol. The molecule has 1 atom stereocenters. The fourth-order valence-electron chi connectivity index (χ4n) is 2.35. The molecule has 18 heavy (non-hydrogen) atoms. The van der Waals surface area contributed by atoms with E-state index in [0.29, 0.717) is 13.0 Å². The minimum atomic E-state index is -0.340. The Hall–Kier alpha value is -1.62. The van der Waals surface area contributed by atoms with Gasteiger partial charge in [0.1, 0.15) is 5.76 Å². The molecule has 5 heteroatoms. The molecule has 1 saturated heterocycles. The van der Waals surface area contributed by atoms with Crippen LogP contribution in [0.15, 0.2) is 22.8 Å². The molecule has 0 aromatic carbocycles. The van der Waals surface area contributed by atoms with Crippen LogP contribution in [0.1, 0.15) is 25.0 Å². The van der Waals surface area contributed by atoms with E-state index in [-0.39, 0.29) is 23.9 Å². The molecule has 0 radical (unpaired) electrons. The summed E-state index contributed by atoms with van der Waals surface area (Å²) < 4.78 is 5.21. The highest BCUT2D eigenvalue weighted by Crippen LogP contribution is 2.31. The van der Waals surface area contributed by atoms with Gasteiger partial charge in [-0.05, 0) is 25.0 Å². The zero-order chi connectivity index (χ0) is 12.5. The van der Waals surface area contributed by atoms with Crippen molar-refractivity contribution in [2.24, 2.45) is 0 Å². The Labute approximate surface area is 105 Å². The predicted molar refractivity (Wildman–Crippen MR) is 63.7 cm³/mol. The molecule has 1 unspecified atom stereocenters. The number of likely N-dealkylation sites (tertiary alicyclic amines) is 1. The lowest BCUT2D eigenvalue weighted by molar-refractivity contribution is -0.139. The zero-order valence-corrected chi connectivity index (χ0v) is 10.1. The van der Waals surface area contributed by atoms with E-state index in [9.17, 15) is 9.59 Å². The number of nitrogens with one attached hydrogen (secondary N) is 1.